The molecule has 2 aromatic rings. The summed E-state index contributed by atoms with van der Waals surface area (Å²) in [6.45, 7) is 0.527. The molecule has 172 valence electrons. The second-order valence-electron chi connectivity index (χ2n) is 7.09. The molecular weight excluding hydrogens is 461 g/mol. The van der Waals surface area contributed by atoms with Crippen LogP contribution in [0.5, 0.6) is 0 Å². The highest BCUT2D eigenvalue weighted by Gasteiger charge is 2.34. The third-order valence-corrected chi connectivity index (χ3v) is 6.99. The molecule has 2 amide bonds. The number of carbonyl (C=O) groups is 2. The molecule has 1 fully saturated rings. The normalized spacial score (nSPS) is 17.0. The van der Waals surface area contributed by atoms with Gasteiger partial charge in [0.25, 0.3) is 0 Å². The fourth-order valence-electron chi connectivity index (χ4n) is 3.16. The number of carbonyl (C=O) groups excluding carboxylic acids is 2. The number of nitrogens with one attached hydrogen (secondary N) is 2. The Morgan fingerprint density at radius 3 is 2.41 bits per heavy atom. The Hall–Kier alpha value is -2.53. The lowest BCUT2D eigenvalue weighted by Crippen LogP contribution is -2.53. The van der Waals surface area contributed by atoms with Gasteiger partial charge >= 0.3 is 11.8 Å². The molecule has 1 aliphatic heterocycles. The van der Waals surface area contributed by atoms with Crippen molar-refractivity contribution in [2.24, 2.45) is 0 Å². The molecule has 0 spiro atoms. The first-order valence-electron chi connectivity index (χ1n) is 9.97. The second kappa shape index (κ2) is 10.9. The number of ether oxygens (including phenoxy) is 1. The average molecular weight is 484 g/mol. The van der Waals surface area contributed by atoms with Crippen LogP contribution in [0.4, 0.5) is 4.39 Å². The summed E-state index contributed by atoms with van der Waals surface area (Å²) < 4.78 is 45.6. The van der Waals surface area contributed by atoms with Crippen molar-refractivity contribution in [3.63, 3.8) is 0 Å². The molecule has 1 aliphatic rings. The molecule has 0 aromatic heterocycles. The highest BCUT2D eigenvalue weighted by Crippen LogP contribution is 2.22. The third-order valence-electron chi connectivity index (χ3n) is 4.83. The Balaban J connectivity index is 1.53. The van der Waals surface area contributed by atoms with E-state index < -0.39 is 33.9 Å². The predicted molar refractivity (Wildman–Crippen MR) is 116 cm³/mol. The van der Waals surface area contributed by atoms with Gasteiger partial charge in [-0.25, -0.2) is 12.8 Å². The van der Waals surface area contributed by atoms with E-state index in [2.05, 4.69) is 10.6 Å². The van der Waals surface area contributed by atoms with Crippen molar-refractivity contribution in [1.82, 2.24) is 14.9 Å². The molecule has 8 nitrogen and oxygen atoms in total. The SMILES string of the molecule is O=C(NCCc1ccc(Cl)cc1)C(=O)NC[C@H]1OCCCN1S(=O)(=O)c1ccc(F)cc1. The van der Waals surface area contributed by atoms with Crippen LogP contribution in [0.1, 0.15) is 12.0 Å². The maximum absolute atomic E-state index is 13.2. The molecule has 3 rings (SSSR count). The lowest BCUT2D eigenvalue weighted by molar-refractivity contribution is -0.140. The van der Waals surface area contributed by atoms with Crippen LogP contribution in [0.2, 0.25) is 5.02 Å². The number of nitrogens with zero attached hydrogens (tertiary/aromatic N) is 1. The molecule has 0 saturated carbocycles. The zero-order valence-corrected chi connectivity index (χ0v) is 18.7. The number of halogens is 2. The van der Waals surface area contributed by atoms with Gasteiger partial charge in [0.2, 0.25) is 10.0 Å². The van der Waals surface area contributed by atoms with Gasteiger partial charge in [0.05, 0.1) is 18.0 Å². The van der Waals surface area contributed by atoms with E-state index in [4.69, 9.17) is 16.3 Å². The van der Waals surface area contributed by atoms with Gasteiger partial charge in [0.1, 0.15) is 12.0 Å². The lowest BCUT2D eigenvalue weighted by atomic mass is 10.1. The van der Waals surface area contributed by atoms with Crippen molar-refractivity contribution >= 4 is 33.4 Å². The first kappa shape index (κ1) is 24.1. The number of rotatable bonds is 7. The quantitative estimate of drug-likeness (QED) is 0.583. The minimum atomic E-state index is -3.96. The summed E-state index contributed by atoms with van der Waals surface area (Å²) in [5, 5.41) is 5.53. The van der Waals surface area contributed by atoms with Crippen LogP contribution in [0.15, 0.2) is 53.4 Å². The third kappa shape index (κ3) is 6.26. The summed E-state index contributed by atoms with van der Waals surface area (Å²) in [4.78, 5) is 24.1. The van der Waals surface area contributed by atoms with E-state index in [0.717, 1.165) is 22.0 Å². The summed E-state index contributed by atoms with van der Waals surface area (Å²) in [6, 6.07) is 11.6. The summed E-state index contributed by atoms with van der Waals surface area (Å²) >= 11 is 5.83. The van der Waals surface area contributed by atoms with Gasteiger partial charge in [0.15, 0.2) is 0 Å². The molecule has 2 N–H and O–H groups in total. The first-order valence-corrected chi connectivity index (χ1v) is 11.8. The van der Waals surface area contributed by atoms with Gasteiger partial charge in [-0.1, -0.05) is 23.7 Å². The maximum Gasteiger partial charge on any atom is 0.309 e. The summed E-state index contributed by atoms with van der Waals surface area (Å²) in [6.07, 6.45) is 0.00594. The molecule has 0 aliphatic carbocycles. The van der Waals surface area contributed by atoms with Crippen molar-refractivity contribution in [2.75, 3.05) is 26.2 Å². The van der Waals surface area contributed by atoms with Crippen LogP contribution in [0.3, 0.4) is 0 Å². The smallest absolute Gasteiger partial charge is 0.309 e. The van der Waals surface area contributed by atoms with Crippen LogP contribution < -0.4 is 10.6 Å². The number of amides is 2. The number of sulfonamides is 1. The van der Waals surface area contributed by atoms with Gasteiger partial charge in [0, 0.05) is 18.1 Å². The van der Waals surface area contributed by atoms with Gasteiger partial charge in [-0.2, -0.15) is 4.31 Å². The average Bonchev–Trinajstić information content (AvgIpc) is 2.79. The highest BCUT2D eigenvalue weighted by atomic mass is 35.5. The topological polar surface area (TPSA) is 105 Å². The number of benzene rings is 2. The first-order chi connectivity index (χ1) is 15.3. The zero-order valence-electron chi connectivity index (χ0n) is 17.1. The van der Waals surface area contributed by atoms with Crippen molar-refractivity contribution in [1.29, 1.82) is 0 Å². The van der Waals surface area contributed by atoms with Crippen LogP contribution in [0.25, 0.3) is 0 Å². The van der Waals surface area contributed by atoms with E-state index in [9.17, 15) is 22.4 Å². The Kier molecular flexibility index (Phi) is 8.19. The lowest BCUT2D eigenvalue weighted by Gasteiger charge is -2.34. The maximum atomic E-state index is 13.2. The molecule has 0 bridgehead atoms. The van der Waals surface area contributed by atoms with Gasteiger partial charge < -0.3 is 15.4 Å². The zero-order chi connectivity index (χ0) is 23.1. The van der Waals surface area contributed by atoms with Gasteiger partial charge in [-0.3, -0.25) is 9.59 Å². The van der Waals surface area contributed by atoms with Crippen molar-refractivity contribution in [2.45, 2.75) is 24.0 Å². The van der Waals surface area contributed by atoms with E-state index in [0.29, 0.717) is 24.5 Å². The minimum absolute atomic E-state index is 0.0827. The van der Waals surface area contributed by atoms with Crippen LogP contribution >= 0.6 is 11.6 Å². The van der Waals surface area contributed by atoms with E-state index >= 15 is 0 Å². The molecule has 1 atom stereocenters. The number of hydrogen-bond acceptors (Lipinski definition) is 5. The van der Waals surface area contributed by atoms with Gasteiger partial charge in [-0.05, 0) is 54.8 Å². The van der Waals surface area contributed by atoms with E-state index in [1.165, 1.54) is 12.1 Å². The van der Waals surface area contributed by atoms with E-state index in [1.54, 1.807) is 12.1 Å². The Morgan fingerprint density at radius 2 is 1.72 bits per heavy atom. The molecule has 32 heavy (non-hydrogen) atoms. The fourth-order valence-corrected chi connectivity index (χ4v) is 4.85. The van der Waals surface area contributed by atoms with Crippen LogP contribution in [-0.2, 0) is 30.8 Å². The molecule has 11 heteroatoms. The van der Waals surface area contributed by atoms with Crippen molar-refractivity contribution in [3.8, 4) is 0 Å². The van der Waals surface area contributed by atoms with Crippen LogP contribution in [0, 0.1) is 5.82 Å². The monoisotopic (exact) mass is 483 g/mol. The largest absolute Gasteiger partial charge is 0.360 e. The van der Waals surface area contributed by atoms with Crippen LogP contribution in [-0.4, -0.2) is 57.0 Å². The Morgan fingerprint density at radius 1 is 1.06 bits per heavy atom. The fraction of sp³-hybridized carbons (Fsp3) is 0.333. The Labute approximate surface area is 190 Å². The van der Waals surface area contributed by atoms with Gasteiger partial charge in [-0.15, -0.1) is 0 Å². The standard InChI is InChI=1S/C21H23ClFN3O5S/c22-16-4-2-15(3-5-16)10-11-24-20(27)21(28)25-14-19-26(12-1-13-31-19)32(29,30)18-8-6-17(23)7-9-18/h2-9,19H,1,10-14H2,(H,24,27)(H,25,28)/t19-/m1/s1. The molecule has 1 saturated heterocycles. The summed E-state index contributed by atoms with van der Waals surface area (Å²) in [5.74, 6) is -2.28. The van der Waals surface area contributed by atoms with E-state index in [-0.39, 0.29) is 24.5 Å². The molecule has 0 radical (unpaired) electrons. The minimum Gasteiger partial charge on any atom is -0.360 e. The molecule has 0 unspecified atom stereocenters. The predicted octanol–water partition coefficient (Wildman–Crippen LogP) is 1.69. The second-order valence-corrected chi connectivity index (χ2v) is 9.42. The highest BCUT2D eigenvalue weighted by molar-refractivity contribution is 7.89. The molecule has 2 aromatic carbocycles. The van der Waals surface area contributed by atoms with Crippen molar-refractivity contribution < 1.29 is 27.1 Å². The molecular formula is C21H23ClFN3O5S. The summed E-state index contributed by atoms with van der Waals surface area (Å²) in [7, 11) is -3.96. The summed E-state index contributed by atoms with van der Waals surface area (Å²) in [5.41, 5.74) is 0.951. The Bertz CT molecular complexity index is 1050. The number of hydrogen-bond donors (Lipinski definition) is 2. The molecule has 1 heterocycles. The van der Waals surface area contributed by atoms with Crippen molar-refractivity contribution in [3.05, 3.63) is 64.9 Å². The van der Waals surface area contributed by atoms with E-state index in [1.807, 2.05) is 12.1 Å².